The number of aliphatic carboxylic acids is 1. The van der Waals surface area contributed by atoms with Crippen LogP contribution in [0.25, 0.3) is 0 Å². The Morgan fingerprint density at radius 2 is 2.00 bits per heavy atom. The quantitative estimate of drug-likeness (QED) is 0.463. The van der Waals surface area contributed by atoms with E-state index >= 15 is 0 Å². The van der Waals surface area contributed by atoms with Gasteiger partial charge in [-0.2, -0.15) is 0 Å². The molecule has 0 aromatic rings. The minimum Gasteiger partial charge on any atom is -0.480 e. The van der Waals surface area contributed by atoms with Crippen LogP contribution in [0.2, 0.25) is 0 Å². The molecule has 0 fully saturated rings. The number of carboxylic acids is 1. The Hall–Kier alpha value is -1.92. The van der Waals surface area contributed by atoms with Gasteiger partial charge in [0.15, 0.2) is 0 Å². The number of nitrogens with zero attached hydrogens (tertiary/aromatic N) is 1. The standard InChI is InChI=1S/C8H13N3O4/c1-5(8(14)15)11-7(13)4-10-6(12)3-9-2/h5H,2-4H2,1H3,(H,10,12)(H,11,13)(H,14,15). The van der Waals surface area contributed by atoms with Crippen LogP contribution in [-0.4, -0.2) is 48.7 Å². The summed E-state index contributed by atoms with van der Waals surface area (Å²) in [4.78, 5) is 35.5. The molecule has 2 amide bonds. The fraction of sp³-hybridized carbons (Fsp3) is 0.500. The molecule has 0 heterocycles. The van der Waals surface area contributed by atoms with E-state index in [4.69, 9.17) is 5.11 Å². The molecule has 0 saturated heterocycles. The highest BCUT2D eigenvalue weighted by Crippen LogP contribution is 1.80. The molecule has 0 radical (unpaired) electrons. The molecule has 15 heavy (non-hydrogen) atoms. The van der Waals surface area contributed by atoms with Crippen LogP contribution in [0.15, 0.2) is 4.99 Å². The van der Waals surface area contributed by atoms with Crippen molar-refractivity contribution in [1.29, 1.82) is 0 Å². The zero-order chi connectivity index (χ0) is 11.8. The highest BCUT2D eigenvalue weighted by molar-refractivity contribution is 5.88. The molecule has 0 aliphatic rings. The van der Waals surface area contributed by atoms with Gasteiger partial charge in [0.05, 0.1) is 6.54 Å². The summed E-state index contributed by atoms with van der Waals surface area (Å²) < 4.78 is 0. The van der Waals surface area contributed by atoms with Crippen LogP contribution >= 0.6 is 0 Å². The molecule has 0 aromatic heterocycles. The lowest BCUT2D eigenvalue weighted by molar-refractivity contribution is -0.141. The lowest BCUT2D eigenvalue weighted by Gasteiger charge is -2.09. The van der Waals surface area contributed by atoms with E-state index in [0.29, 0.717) is 0 Å². The maximum Gasteiger partial charge on any atom is 0.325 e. The van der Waals surface area contributed by atoms with Crippen molar-refractivity contribution in [3.05, 3.63) is 0 Å². The molecular weight excluding hydrogens is 202 g/mol. The van der Waals surface area contributed by atoms with Gasteiger partial charge in [-0.1, -0.05) is 0 Å². The lowest BCUT2D eigenvalue weighted by Crippen LogP contribution is -2.44. The van der Waals surface area contributed by atoms with E-state index in [1.165, 1.54) is 6.92 Å². The largest absolute Gasteiger partial charge is 0.480 e. The number of hydrogen-bond acceptors (Lipinski definition) is 4. The first-order valence-electron chi connectivity index (χ1n) is 4.18. The van der Waals surface area contributed by atoms with Gasteiger partial charge in [0.2, 0.25) is 11.8 Å². The molecular formula is C8H13N3O4. The summed E-state index contributed by atoms with van der Waals surface area (Å²) in [6.45, 7) is 4.04. The topological polar surface area (TPSA) is 108 Å². The first-order chi connectivity index (χ1) is 6.97. The van der Waals surface area contributed by atoms with Crippen molar-refractivity contribution in [2.75, 3.05) is 13.1 Å². The minimum atomic E-state index is -1.14. The van der Waals surface area contributed by atoms with Crippen LogP contribution in [-0.2, 0) is 14.4 Å². The molecule has 1 atom stereocenters. The number of rotatable bonds is 6. The summed E-state index contributed by atoms with van der Waals surface area (Å²) in [5, 5.41) is 12.9. The zero-order valence-corrected chi connectivity index (χ0v) is 8.32. The summed E-state index contributed by atoms with van der Waals surface area (Å²) in [5.74, 6) is -2.15. The van der Waals surface area contributed by atoms with E-state index in [2.05, 4.69) is 22.3 Å². The maximum absolute atomic E-state index is 11.0. The van der Waals surface area contributed by atoms with Gasteiger partial charge >= 0.3 is 5.97 Å². The van der Waals surface area contributed by atoms with E-state index in [1.54, 1.807) is 0 Å². The fourth-order valence-corrected chi connectivity index (χ4v) is 0.691. The minimum absolute atomic E-state index is 0.123. The van der Waals surface area contributed by atoms with Crippen LogP contribution < -0.4 is 10.6 Å². The Kier molecular flexibility index (Phi) is 5.69. The molecule has 0 aromatic carbocycles. The molecule has 84 valence electrons. The smallest absolute Gasteiger partial charge is 0.325 e. The van der Waals surface area contributed by atoms with Crippen molar-refractivity contribution >= 4 is 24.5 Å². The molecule has 0 saturated carbocycles. The van der Waals surface area contributed by atoms with Gasteiger partial charge < -0.3 is 15.7 Å². The van der Waals surface area contributed by atoms with E-state index in [9.17, 15) is 14.4 Å². The molecule has 0 bridgehead atoms. The first-order valence-corrected chi connectivity index (χ1v) is 4.18. The Balaban J connectivity index is 3.80. The lowest BCUT2D eigenvalue weighted by atomic mass is 10.3. The maximum atomic E-state index is 11.0. The van der Waals surface area contributed by atoms with Crippen LogP contribution in [0.3, 0.4) is 0 Å². The van der Waals surface area contributed by atoms with E-state index in [-0.39, 0.29) is 13.1 Å². The summed E-state index contributed by atoms with van der Waals surface area (Å²) in [5.41, 5.74) is 0. The molecule has 0 spiro atoms. The van der Waals surface area contributed by atoms with Crippen LogP contribution in [0, 0.1) is 0 Å². The third-order valence-electron chi connectivity index (χ3n) is 1.45. The molecule has 0 rings (SSSR count). The van der Waals surface area contributed by atoms with Crippen molar-refractivity contribution in [3.63, 3.8) is 0 Å². The summed E-state index contributed by atoms with van der Waals surface area (Å²) >= 11 is 0. The van der Waals surface area contributed by atoms with Crippen molar-refractivity contribution in [2.24, 2.45) is 4.99 Å². The molecule has 3 N–H and O–H groups in total. The first kappa shape index (κ1) is 13.1. The predicted molar refractivity (Wildman–Crippen MR) is 52.7 cm³/mol. The molecule has 7 nitrogen and oxygen atoms in total. The van der Waals surface area contributed by atoms with E-state index in [1.807, 2.05) is 0 Å². The average molecular weight is 215 g/mol. The number of nitrogens with one attached hydrogen (secondary N) is 2. The average Bonchev–Trinajstić information content (AvgIpc) is 2.15. The SMILES string of the molecule is C=NCC(=O)NCC(=O)NC(C)C(=O)O. The number of amides is 2. The summed E-state index contributed by atoms with van der Waals surface area (Å²) in [6, 6.07) is -0.980. The van der Waals surface area contributed by atoms with Gasteiger partial charge in [-0.15, -0.1) is 0 Å². The van der Waals surface area contributed by atoms with E-state index in [0.717, 1.165) is 0 Å². The van der Waals surface area contributed by atoms with Crippen molar-refractivity contribution in [3.8, 4) is 0 Å². The highest BCUT2D eigenvalue weighted by atomic mass is 16.4. The number of carbonyl (C=O) groups is 3. The van der Waals surface area contributed by atoms with E-state index < -0.39 is 23.8 Å². The van der Waals surface area contributed by atoms with Crippen LogP contribution in [0.1, 0.15) is 6.92 Å². The molecule has 1 unspecified atom stereocenters. The number of aliphatic imine (C=N–C) groups is 1. The van der Waals surface area contributed by atoms with Gasteiger partial charge in [-0.25, -0.2) is 0 Å². The highest BCUT2D eigenvalue weighted by Gasteiger charge is 2.13. The summed E-state index contributed by atoms with van der Waals surface area (Å²) in [6.07, 6.45) is 0. The Bertz CT molecular complexity index is 277. The third-order valence-corrected chi connectivity index (χ3v) is 1.45. The van der Waals surface area contributed by atoms with Crippen molar-refractivity contribution < 1.29 is 19.5 Å². The van der Waals surface area contributed by atoms with Crippen LogP contribution in [0.4, 0.5) is 0 Å². The van der Waals surface area contributed by atoms with Gasteiger partial charge in [-0.05, 0) is 13.6 Å². The monoisotopic (exact) mass is 215 g/mol. The second kappa shape index (κ2) is 6.52. The number of carbonyl (C=O) groups excluding carboxylic acids is 2. The number of carboxylic acid groups (broad SMARTS) is 1. The van der Waals surface area contributed by atoms with Gasteiger partial charge in [-0.3, -0.25) is 19.4 Å². The van der Waals surface area contributed by atoms with Gasteiger partial charge in [0.1, 0.15) is 12.6 Å². The van der Waals surface area contributed by atoms with Gasteiger partial charge in [0, 0.05) is 0 Å². The Labute approximate surface area is 86.6 Å². The molecule has 0 aliphatic heterocycles. The second-order valence-corrected chi connectivity index (χ2v) is 2.79. The zero-order valence-electron chi connectivity index (χ0n) is 8.32. The Morgan fingerprint density at radius 1 is 1.40 bits per heavy atom. The summed E-state index contributed by atoms with van der Waals surface area (Å²) in [7, 11) is 0. The van der Waals surface area contributed by atoms with Crippen LogP contribution in [0.5, 0.6) is 0 Å². The third kappa shape index (κ3) is 6.19. The molecule has 7 heteroatoms. The van der Waals surface area contributed by atoms with Gasteiger partial charge in [0.25, 0.3) is 0 Å². The molecule has 0 aliphatic carbocycles. The van der Waals surface area contributed by atoms with Crippen molar-refractivity contribution in [2.45, 2.75) is 13.0 Å². The second-order valence-electron chi connectivity index (χ2n) is 2.79. The number of hydrogen-bond donors (Lipinski definition) is 3. The normalized spacial score (nSPS) is 11.3. The predicted octanol–water partition coefficient (Wildman–Crippen LogP) is -1.61. The Morgan fingerprint density at radius 3 is 2.47 bits per heavy atom. The van der Waals surface area contributed by atoms with Crippen molar-refractivity contribution in [1.82, 2.24) is 10.6 Å². The fourth-order valence-electron chi connectivity index (χ4n) is 0.691.